The van der Waals surface area contributed by atoms with Gasteiger partial charge in [0.15, 0.2) is 0 Å². The highest BCUT2D eigenvalue weighted by molar-refractivity contribution is 5.95. The molecule has 1 aliphatic heterocycles. The van der Waals surface area contributed by atoms with Crippen LogP contribution in [-0.2, 0) is 22.4 Å². The van der Waals surface area contributed by atoms with Gasteiger partial charge in [0.2, 0.25) is 5.91 Å². The maximum absolute atomic E-state index is 11.9. The summed E-state index contributed by atoms with van der Waals surface area (Å²) in [7, 11) is 0. The van der Waals surface area contributed by atoms with E-state index in [1.807, 2.05) is 33.8 Å². The fourth-order valence-corrected chi connectivity index (χ4v) is 3.05. The normalized spacial score (nSPS) is 14.5. The number of hydrogen-bond acceptors (Lipinski definition) is 4. The monoisotopic (exact) mass is 343 g/mol. The molecule has 1 heterocycles. The molecule has 0 aromatic heterocycles. The van der Waals surface area contributed by atoms with E-state index in [2.05, 4.69) is 11.4 Å². The van der Waals surface area contributed by atoms with Crippen molar-refractivity contribution in [2.75, 3.05) is 11.4 Å². The van der Waals surface area contributed by atoms with Gasteiger partial charge in [-0.1, -0.05) is 6.07 Å². The Morgan fingerprint density at radius 2 is 2.08 bits per heavy atom. The second-order valence-corrected chi connectivity index (χ2v) is 7.43. The standard InChI is InChI=1S/C19H25N3O3/c1-12(21-18(24)25-19(3,4)5)8-14-9-15-6-7-22(13(2)23)17(15)16(10-14)11-20/h9-10,12H,6-8H2,1-5H3,(H,21,24). The van der Waals surface area contributed by atoms with Gasteiger partial charge in [-0.3, -0.25) is 4.79 Å². The fourth-order valence-electron chi connectivity index (χ4n) is 3.05. The third-order valence-corrected chi connectivity index (χ3v) is 3.93. The molecule has 1 aromatic rings. The van der Waals surface area contributed by atoms with Crippen molar-refractivity contribution >= 4 is 17.7 Å². The van der Waals surface area contributed by atoms with Crippen LogP contribution in [0.15, 0.2) is 12.1 Å². The lowest BCUT2D eigenvalue weighted by Gasteiger charge is -2.22. The first-order valence-corrected chi connectivity index (χ1v) is 8.44. The van der Waals surface area contributed by atoms with E-state index < -0.39 is 11.7 Å². The number of nitriles is 1. The summed E-state index contributed by atoms with van der Waals surface area (Å²) in [5, 5.41) is 12.3. The van der Waals surface area contributed by atoms with Gasteiger partial charge in [0.1, 0.15) is 11.7 Å². The molecule has 25 heavy (non-hydrogen) atoms. The molecule has 134 valence electrons. The molecule has 0 spiro atoms. The second-order valence-electron chi connectivity index (χ2n) is 7.43. The molecule has 0 aliphatic carbocycles. The zero-order valence-electron chi connectivity index (χ0n) is 15.5. The van der Waals surface area contributed by atoms with Crippen LogP contribution in [0.4, 0.5) is 10.5 Å². The van der Waals surface area contributed by atoms with Crippen molar-refractivity contribution in [2.45, 2.75) is 59.1 Å². The molecule has 1 unspecified atom stereocenters. The van der Waals surface area contributed by atoms with Crippen LogP contribution in [0.25, 0.3) is 0 Å². The Kier molecular flexibility index (Phi) is 5.36. The summed E-state index contributed by atoms with van der Waals surface area (Å²) in [6.45, 7) is 9.46. The molecule has 0 fully saturated rings. The summed E-state index contributed by atoms with van der Waals surface area (Å²) in [4.78, 5) is 25.2. The molecule has 6 heteroatoms. The van der Waals surface area contributed by atoms with E-state index in [0.29, 0.717) is 18.5 Å². The molecule has 0 radical (unpaired) electrons. The van der Waals surface area contributed by atoms with E-state index in [0.717, 1.165) is 23.2 Å². The van der Waals surface area contributed by atoms with Gasteiger partial charge in [-0.05, 0) is 57.7 Å². The average molecular weight is 343 g/mol. The van der Waals surface area contributed by atoms with Gasteiger partial charge < -0.3 is 15.0 Å². The SMILES string of the molecule is CC(=O)N1CCc2cc(CC(C)NC(=O)OC(C)(C)C)cc(C#N)c21. The lowest BCUT2D eigenvalue weighted by atomic mass is 9.99. The molecule has 0 saturated heterocycles. The Morgan fingerprint density at radius 3 is 2.64 bits per heavy atom. The van der Waals surface area contributed by atoms with Crippen molar-refractivity contribution in [1.29, 1.82) is 5.26 Å². The summed E-state index contributed by atoms with van der Waals surface area (Å²) >= 11 is 0. The van der Waals surface area contributed by atoms with Crippen molar-refractivity contribution in [2.24, 2.45) is 0 Å². The van der Waals surface area contributed by atoms with Crippen molar-refractivity contribution in [3.8, 4) is 6.07 Å². The summed E-state index contributed by atoms with van der Waals surface area (Å²) in [5.41, 5.74) is 2.66. The first-order chi connectivity index (χ1) is 11.6. The van der Waals surface area contributed by atoms with Gasteiger partial charge >= 0.3 is 6.09 Å². The number of nitrogens with zero attached hydrogens (tertiary/aromatic N) is 2. The highest BCUT2D eigenvalue weighted by atomic mass is 16.6. The highest BCUT2D eigenvalue weighted by Crippen LogP contribution is 2.33. The third-order valence-electron chi connectivity index (χ3n) is 3.93. The molecule has 6 nitrogen and oxygen atoms in total. The van der Waals surface area contributed by atoms with Crippen LogP contribution in [0.5, 0.6) is 0 Å². The number of amides is 2. The Hall–Kier alpha value is -2.55. The number of rotatable bonds is 3. The highest BCUT2D eigenvalue weighted by Gasteiger charge is 2.26. The minimum atomic E-state index is -0.540. The Balaban J connectivity index is 2.13. The molecule has 1 aromatic carbocycles. The topological polar surface area (TPSA) is 82.4 Å². The second kappa shape index (κ2) is 7.14. The van der Waals surface area contributed by atoms with Gasteiger partial charge in [-0.15, -0.1) is 0 Å². The lowest BCUT2D eigenvalue weighted by molar-refractivity contribution is -0.116. The number of fused-ring (bicyclic) bond motifs is 1. The number of alkyl carbamates (subject to hydrolysis) is 1. The Morgan fingerprint density at radius 1 is 1.40 bits per heavy atom. The Labute approximate surface area is 148 Å². The van der Waals surface area contributed by atoms with E-state index in [1.54, 1.807) is 11.0 Å². The van der Waals surface area contributed by atoms with E-state index >= 15 is 0 Å². The number of carbonyl (C=O) groups excluding carboxylic acids is 2. The first-order valence-electron chi connectivity index (χ1n) is 8.44. The molecular weight excluding hydrogens is 318 g/mol. The maximum atomic E-state index is 11.9. The van der Waals surface area contributed by atoms with Crippen LogP contribution in [0.1, 0.15) is 51.3 Å². The van der Waals surface area contributed by atoms with Crippen LogP contribution in [0, 0.1) is 11.3 Å². The molecule has 2 amide bonds. The molecule has 2 rings (SSSR count). The van der Waals surface area contributed by atoms with E-state index in [-0.39, 0.29) is 11.9 Å². The number of carbonyl (C=O) groups is 2. The zero-order valence-corrected chi connectivity index (χ0v) is 15.5. The predicted octanol–water partition coefficient (Wildman–Crippen LogP) is 2.92. The summed E-state index contributed by atoms with van der Waals surface area (Å²) in [6, 6.07) is 5.88. The van der Waals surface area contributed by atoms with Crippen molar-refractivity contribution in [1.82, 2.24) is 5.32 Å². The van der Waals surface area contributed by atoms with Crippen LogP contribution < -0.4 is 10.2 Å². The van der Waals surface area contributed by atoms with Crippen LogP contribution in [-0.4, -0.2) is 30.2 Å². The van der Waals surface area contributed by atoms with E-state index in [4.69, 9.17) is 4.74 Å². The number of nitrogens with one attached hydrogen (secondary N) is 1. The van der Waals surface area contributed by atoms with Crippen LogP contribution in [0.2, 0.25) is 0 Å². The third kappa shape index (κ3) is 4.72. The van der Waals surface area contributed by atoms with Gasteiger partial charge in [-0.2, -0.15) is 5.26 Å². The summed E-state index contributed by atoms with van der Waals surface area (Å²) < 4.78 is 5.26. The smallest absolute Gasteiger partial charge is 0.407 e. The first kappa shape index (κ1) is 18.8. The van der Waals surface area contributed by atoms with Gasteiger partial charge in [0.25, 0.3) is 0 Å². The molecule has 0 saturated carbocycles. The largest absolute Gasteiger partial charge is 0.444 e. The quantitative estimate of drug-likeness (QED) is 0.915. The minimum Gasteiger partial charge on any atom is -0.444 e. The summed E-state index contributed by atoms with van der Waals surface area (Å²) in [6.07, 6.45) is 0.872. The van der Waals surface area contributed by atoms with E-state index in [1.165, 1.54) is 6.92 Å². The zero-order chi connectivity index (χ0) is 18.8. The average Bonchev–Trinajstić information content (AvgIpc) is 2.87. The lowest BCUT2D eigenvalue weighted by Crippen LogP contribution is -2.38. The molecule has 1 atom stereocenters. The molecule has 1 aliphatic rings. The number of benzene rings is 1. The molecule has 1 N–H and O–H groups in total. The van der Waals surface area contributed by atoms with Crippen LogP contribution >= 0.6 is 0 Å². The van der Waals surface area contributed by atoms with Gasteiger partial charge in [-0.25, -0.2) is 4.79 Å². The summed E-state index contributed by atoms with van der Waals surface area (Å²) in [5.74, 6) is -0.0528. The Bertz CT molecular complexity index is 729. The minimum absolute atomic E-state index is 0.0528. The fraction of sp³-hybridized carbons (Fsp3) is 0.526. The van der Waals surface area contributed by atoms with Gasteiger partial charge in [0.05, 0.1) is 11.3 Å². The van der Waals surface area contributed by atoms with Gasteiger partial charge in [0, 0.05) is 19.5 Å². The van der Waals surface area contributed by atoms with E-state index in [9.17, 15) is 14.9 Å². The number of ether oxygens (including phenoxy) is 1. The number of anilines is 1. The van der Waals surface area contributed by atoms with Crippen molar-refractivity contribution in [3.05, 3.63) is 28.8 Å². The number of hydrogen-bond donors (Lipinski definition) is 1. The van der Waals surface area contributed by atoms with Crippen molar-refractivity contribution in [3.63, 3.8) is 0 Å². The van der Waals surface area contributed by atoms with Crippen LogP contribution in [0.3, 0.4) is 0 Å². The molecule has 0 bridgehead atoms. The maximum Gasteiger partial charge on any atom is 0.407 e. The molecular formula is C19H25N3O3. The predicted molar refractivity (Wildman–Crippen MR) is 95.4 cm³/mol. The van der Waals surface area contributed by atoms with Crippen molar-refractivity contribution < 1.29 is 14.3 Å².